The largest absolute Gasteiger partial charge is 0.303 e. The molecule has 1 aromatic rings. The molecular formula is C13H15NOS. The normalized spacial score (nSPS) is 19.6. The van der Waals surface area contributed by atoms with Gasteiger partial charge in [0.25, 0.3) is 0 Å². The molecule has 0 radical (unpaired) electrons. The first-order valence-corrected chi connectivity index (χ1v) is 6.47. The van der Waals surface area contributed by atoms with E-state index in [1.54, 1.807) is 0 Å². The lowest BCUT2D eigenvalue weighted by atomic mass is 10.0. The third-order valence-electron chi connectivity index (χ3n) is 2.60. The Morgan fingerprint density at radius 1 is 1.44 bits per heavy atom. The average Bonchev–Trinajstić information content (AvgIpc) is 2.79. The number of rotatable bonds is 3. The van der Waals surface area contributed by atoms with Crippen molar-refractivity contribution in [2.45, 2.75) is 13.0 Å². The van der Waals surface area contributed by atoms with Gasteiger partial charge in [0.1, 0.15) is 0 Å². The molecule has 0 saturated carbocycles. The topological polar surface area (TPSA) is 29.1 Å². The van der Waals surface area contributed by atoms with Crippen molar-refractivity contribution >= 4 is 16.9 Å². The molecule has 1 aliphatic heterocycles. The van der Waals surface area contributed by atoms with Crippen molar-refractivity contribution in [2.24, 2.45) is 0 Å². The van der Waals surface area contributed by atoms with Gasteiger partial charge in [-0.25, -0.2) is 0 Å². The highest BCUT2D eigenvalue weighted by molar-refractivity contribution is 8.14. The lowest BCUT2D eigenvalue weighted by Crippen LogP contribution is -2.18. The molecule has 1 atom stereocenters. The summed E-state index contributed by atoms with van der Waals surface area (Å²) < 4.78 is 0. The quantitative estimate of drug-likeness (QED) is 0.870. The van der Waals surface area contributed by atoms with Crippen LogP contribution in [0.1, 0.15) is 18.5 Å². The molecule has 1 N–H and O–H groups in total. The van der Waals surface area contributed by atoms with Crippen LogP contribution in [-0.2, 0) is 4.79 Å². The van der Waals surface area contributed by atoms with Gasteiger partial charge in [-0.05, 0) is 11.3 Å². The molecule has 0 amide bonds. The fourth-order valence-electron chi connectivity index (χ4n) is 1.87. The van der Waals surface area contributed by atoms with Crippen LogP contribution in [0.5, 0.6) is 0 Å². The summed E-state index contributed by atoms with van der Waals surface area (Å²) in [5.41, 5.74) is 2.06. The van der Waals surface area contributed by atoms with Gasteiger partial charge in [-0.2, -0.15) is 0 Å². The summed E-state index contributed by atoms with van der Waals surface area (Å²) in [5.74, 6) is 0.831. The zero-order valence-electron chi connectivity index (χ0n) is 9.27. The minimum Gasteiger partial charge on any atom is -0.303 e. The monoisotopic (exact) mass is 233 g/mol. The van der Waals surface area contributed by atoms with Crippen LogP contribution in [0.15, 0.2) is 42.0 Å². The van der Waals surface area contributed by atoms with Crippen LogP contribution in [-0.4, -0.2) is 17.4 Å². The summed E-state index contributed by atoms with van der Waals surface area (Å²) >= 11 is 1.38. The fraction of sp³-hybridized carbons (Fsp3) is 0.308. The zero-order valence-corrected chi connectivity index (χ0v) is 10.1. The number of benzene rings is 1. The lowest BCUT2D eigenvalue weighted by Gasteiger charge is -2.14. The number of thioether (sulfide) groups is 1. The van der Waals surface area contributed by atoms with Gasteiger partial charge < -0.3 is 5.32 Å². The summed E-state index contributed by atoms with van der Waals surface area (Å²) in [6, 6.07) is 10.2. The average molecular weight is 233 g/mol. The molecule has 2 rings (SSSR count). The maximum absolute atomic E-state index is 11.9. The second-order valence-corrected chi connectivity index (χ2v) is 4.87. The Kier molecular flexibility index (Phi) is 3.80. The number of carbonyl (C=O) groups is 1. The van der Waals surface area contributed by atoms with E-state index in [2.05, 4.69) is 17.4 Å². The highest BCUT2D eigenvalue weighted by atomic mass is 32.2. The SMILES string of the molecule is CCSC(=O)C1=CCNC1c1ccccc1. The van der Waals surface area contributed by atoms with Crippen molar-refractivity contribution in [3.8, 4) is 0 Å². The summed E-state index contributed by atoms with van der Waals surface area (Å²) in [7, 11) is 0. The molecule has 0 bridgehead atoms. The molecule has 0 saturated heterocycles. The molecule has 2 nitrogen and oxygen atoms in total. The van der Waals surface area contributed by atoms with Crippen LogP contribution in [0.2, 0.25) is 0 Å². The van der Waals surface area contributed by atoms with E-state index < -0.39 is 0 Å². The van der Waals surface area contributed by atoms with E-state index in [1.165, 1.54) is 11.8 Å². The lowest BCUT2D eigenvalue weighted by molar-refractivity contribution is -0.108. The molecular weight excluding hydrogens is 218 g/mol. The second kappa shape index (κ2) is 5.32. The van der Waals surface area contributed by atoms with Crippen molar-refractivity contribution in [3.05, 3.63) is 47.5 Å². The molecule has 0 fully saturated rings. The zero-order chi connectivity index (χ0) is 11.4. The van der Waals surface area contributed by atoms with E-state index in [4.69, 9.17) is 0 Å². The molecule has 0 aliphatic carbocycles. The Bertz CT molecular complexity index is 400. The van der Waals surface area contributed by atoms with E-state index in [1.807, 2.05) is 31.2 Å². The highest BCUT2D eigenvalue weighted by Crippen LogP contribution is 2.28. The van der Waals surface area contributed by atoms with Gasteiger partial charge in [0.2, 0.25) is 5.12 Å². The Morgan fingerprint density at radius 3 is 2.88 bits per heavy atom. The van der Waals surface area contributed by atoms with Gasteiger partial charge in [0, 0.05) is 12.1 Å². The van der Waals surface area contributed by atoms with Crippen LogP contribution >= 0.6 is 11.8 Å². The van der Waals surface area contributed by atoms with Crippen molar-refractivity contribution in [1.82, 2.24) is 5.32 Å². The van der Waals surface area contributed by atoms with E-state index in [9.17, 15) is 4.79 Å². The minimum atomic E-state index is 0.0766. The molecule has 0 spiro atoms. The molecule has 16 heavy (non-hydrogen) atoms. The Balaban J connectivity index is 2.18. The van der Waals surface area contributed by atoms with Gasteiger partial charge in [-0.15, -0.1) is 0 Å². The maximum Gasteiger partial charge on any atom is 0.216 e. The van der Waals surface area contributed by atoms with Gasteiger partial charge in [-0.3, -0.25) is 4.79 Å². The first-order chi connectivity index (χ1) is 7.83. The first-order valence-electron chi connectivity index (χ1n) is 5.48. The number of nitrogens with one attached hydrogen (secondary N) is 1. The van der Waals surface area contributed by atoms with Gasteiger partial charge in [0.05, 0.1) is 6.04 Å². The maximum atomic E-state index is 11.9. The highest BCUT2D eigenvalue weighted by Gasteiger charge is 2.25. The van der Waals surface area contributed by atoms with Crippen LogP contribution in [0.4, 0.5) is 0 Å². The molecule has 1 aliphatic rings. The van der Waals surface area contributed by atoms with Crippen molar-refractivity contribution in [2.75, 3.05) is 12.3 Å². The molecule has 84 valence electrons. The standard InChI is InChI=1S/C13H15NOS/c1-2-16-13(15)11-8-9-14-12(11)10-6-4-3-5-7-10/h3-8,12,14H,2,9H2,1H3. The van der Waals surface area contributed by atoms with Crippen molar-refractivity contribution in [3.63, 3.8) is 0 Å². The smallest absolute Gasteiger partial charge is 0.216 e. The number of carbonyl (C=O) groups excluding carboxylic acids is 1. The molecule has 3 heteroatoms. The Morgan fingerprint density at radius 2 is 2.19 bits per heavy atom. The predicted octanol–water partition coefficient (Wildman–Crippen LogP) is 2.54. The van der Waals surface area contributed by atoms with Crippen LogP contribution in [0.25, 0.3) is 0 Å². The third kappa shape index (κ3) is 2.36. The molecule has 1 heterocycles. The molecule has 1 unspecified atom stereocenters. The predicted molar refractivity (Wildman–Crippen MR) is 68.4 cm³/mol. The minimum absolute atomic E-state index is 0.0766. The van der Waals surface area contributed by atoms with E-state index >= 15 is 0 Å². The number of hydrogen-bond acceptors (Lipinski definition) is 3. The fourth-order valence-corrected chi connectivity index (χ4v) is 2.50. The van der Waals surface area contributed by atoms with Gasteiger partial charge >= 0.3 is 0 Å². The molecule has 1 aromatic carbocycles. The van der Waals surface area contributed by atoms with Crippen molar-refractivity contribution < 1.29 is 4.79 Å². The van der Waals surface area contributed by atoms with E-state index in [0.717, 1.165) is 23.4 Å². The van der Waals surface area contributed by atoms with E-state index in [0.29, 0.717) is 0 Å². The van der Waals surface area contributed by atoms with Crippen molar-refractivity contribution in [1.29, 1.82) is 0 Å². The summed E-state index contributed by atoms with van der Waals surface area (Å²) in [5, 5.41) is 3.53. The van der Waals surface area contributed by atoms with Crippen LogP contribution < -0.4 is 5.32 Å². The van der Waals surface area contributed by atoms with Gasteiger partial charge in [-0.1, -0.05) is 55.1 Å². The summed E-state index contributed by atoms with van der Waals surface area (Å²) in [6.45, 7) is 2.79. The summed E-state index contributed by atoms with van der Waals surface area (Å²) in [6.07, 6.45) is 2.00. The van der Waals surface area contributed by atoms with E-state index in [-0.39, 0.29) is 11.2 Å². The Hall–Kier alpha value is -1.06. The molecule has 0 aromatic heterocycles. The first kappa shape index (κ1) is 11.4. The third-order valence-corrected chi connectivity index (χ3v) is 3.39. The van der Waals surface area contributed by atoms with Crippen LogP contribution in [0, 0.1) is 0 Å². The second-order valence-electron chi connectivity index (χ2n) is 3.63. The van der Waals surface area contributed by atoms with Crippen LogP contribution in [0.3, 0.4) is 0 Å². The Labute approximate surface area is 100 Å². The summed E-state index contributed by atoms with van der Waals surface area (Å²) in [4.78, 5) is 11.9. The van der Waals surface area contributed by atoms with Gasteiger partial charge in [0.15, 0.2) is 0 Å². The number of hydrogen-bond donors (Lipinski definition) is 1.